The Morgan fingerprint density at radius 3 is 2.05 bits per heavy atom. The predicted octanol–water partition coefficient (Wildman–Crippen LogP) is 0.473. The van der Waals surface area contributed by atoms with E-state index in [2.05, 4.69) is 0 Å². The topological polar surface area (TPSA) is 52.9 Å². The SMILES string of the molecule is CCOC(=O)C(C(C)=O)C(/C(C=[N+](C)C)=C/N(C)C)N(C)C. The molecule has 0 aromatic carbocycles. The minimum absolute atomic E-state index is 0.200. The van der Waals surface area contributed by atoms with Crippen LogP contribution in [0.5, 0.6) is 0 Å². The lowest BCUT2D eigenvalue weighted by Crippen LogP contribution is -2.46. The zero-order valence-corrected chi connectivity index (χ0v) is 15.1. The molecule has 22 heavy (non-hydrogen) atoms. The lowest BCUT2D eigenvalue weighted by atomic mass is 9.89. The van der Waals surface area contributed by atoms with Gasteiger partial charge in [-0.05, 0) is 27.9 Å². The van der Waals surface area contributed by atoms with Gasteiger partial charge in [-0.3, -0.25) is 9.59 Å². The summed E-state index contributed by atoms with van der Waals surface area (Å²) in [5.41, 5.74) is 0.869. The number of ketones is 1. The van der Waals surface area contributed by atoms with E-state index in [0.717, 1.165) is 5.57 Å². The number of carbonyl (C=O) groups is 2. The highest BCUT2D eigenvalue weighted by Crippen LogP contribution is 2.20. The van der Waals surface area contributed by atoms with E-state index in [1.54, 1.807) is 6.92 Å². The molecule has 0 aliphatic carbocycles. The van der Waals surface area contributed by atoms with Gasteiger partial charge in [0.1, 0.15) is 25.8 Å². The Balaban J connectivity index is 5.96. The number of likely N-dealkylation sites (N-methyl/N-ethyl adjacent to an activating group) is 1. The first-order chi connectivity index (χ1) is 10.1. The zero-order valence-electron chi connectivity index (χ0n) is 15.1. The highest BCUT2D eigenvalue weighted by Gasteiger charge is 2.38. The van der Waals surface area contributed by atoms with Gasteiger partial charge in [0, 0.05) is 25.9 Å². The fourth-order valence-electron chi connectivity index (χ4n) is 2.32. The van der Waals surface area contributed by atoms with Crippen molar-refractivity contribution in [1.29, 1.82) is 0 Å². The number of ether oxygens (including phenoxy) is 1. The van der Waals surface area contributed by atoms with Crippen LogP contribution in [0, 0.1) is 5.92 Å². The zero-order chi connectivity index (χ0) is 17.4. The van der Waals surface area contributed by atoms with Crippen LogP contribution in [0.1, 0.15) is 13.8 Å². The van der Waals surface area contributed by atoms with Crippen molar-refractivity contribution >= 4 is 18.0 Å². The first kappa shape index (κ1) is 20.3. The van der Waals surface area contributed by atoms with Crippen LogP contribution in [0.15, 0.2) is 11.8 Å². The maximum absolute atomic E-state index is 12.3. The molecule has 0 saturated carbocycles. The van der Waals surface area contributed by atoms with Gasteiger partial charge in [0.05, 0.1) is 12.6 Å². The average molecular weight is 312 g/mol. The van der Waals surface area contributed by atoms with Crippen LogP contribution >= 0.6 is 0 Å². The third-order valence-corrected chi connectivity index (χ3v) is 3.01. The largest absolute Gasteiger partial charge is 0.465 e. The minimum atomic E-state index is -0.850. The predicted molar refractivity (Wildman–Crippen MR) is 88.2 cm³/mol. The van der Waals surface area contributed by atoms with Crippen LogP contribution < -0.4 is 0 Å². The Kier molecular flexibility index (Phi) is 8.63. The third kappa shape index (κ3) is 6.39. The van der Waals surface area contributed by atoms with E-state index in [1.165, 1.54) is 6.92 Å². The quantitative estimate of drug-likeness (QED) is 0.282. The van der Waals surface area contributed by atoms with Gasteiger partial charge < -0.3 is 14.5 Å². The highest BCUT2D eigenvalue weighted by molar-refractivity contribution is 6.00. The number of esters is 1. The summed E-state index contributed by atoms with van der Waals surface area (Å²) in [7, 11) is 11.3. The van der Waals surface area contributed by atoms with Crippen molar-refractivity contribution in [3.8, 4) is 0 Å². The number of rotatable bonds is 8. The Morgan fingerprint density at radius 2 is 1.73 bits per heavy atom. The molecular formula is C16H30N3O3+. The molecule has 0 aliphatic rings. The second-order valence-electron chi connectivity index (χ2n) is 5.93. The summed E-state index contributed by atoms with van der Waals surface area (Å²) in [5.74, 6) is -1.53. The molecule has 2 atom stereocenters. The van der Waals surface area contributed by atoms with Crippen LogP contribution in [0.25, 0.3) is 0 Å². The lowest BCUT2D eigenvalue weighted by Gasteiger charge is -2.30. The summed E-state index contributed by atoms with van der Waals surface area (Å²) in [6.07, 6.45) is 3.83. The van der Waals surface area contributed by atoms with Gasteiger partial charge in [-0.2, -0.15) is 0 Å². The molecule has 0 aromatic rings. The van der Waals surface area contributed by atoms with Crippen molar-refractivity contribution in [2.75, 3.05) is 48.9 Å². The minimum Gasteiger partial charge on any atom is -0.465 e. The van der Waals surface area contributed by atoms with Gasteiger partial charge in [0.2, 0.25) is 0 Å². The van der Waals surface area contributed by atoms with Gasteiger partial charge in [-0.25, -0.2) is 4.58 Å². The average Bonchev–Trinajstić information content (AvgIpc) is 2.32. The summed E-state index contributed by atoms with van der Waals surface area (Å²) < 4.78 is 7.00. The standard InChI is InChI=1S/C16H30N3O3/c1-9-22-16(21)14(12(2)20)15(19(7)8)13(10-17(3)4)11-18(5)6/h10-11,14-15H,9H2,1-8H3/q+1. The fourth-order valence-corrected chi connectivity index (χ4v) is 2.32. The van der Waals surface area contributed by atoms with E-state index in [9.17, 15) is 9.59 Å². The van der Waals surface area contributed by atoms with Crippen molar-refractivity contribution in [1.82, 2.24) is 9.80 Å². The Hall–Kier alpha value is -1.69. The number of Topliss-reactive ketones (excluding diaryl/α,β-unsaturated/α-hetero) is 1. The lowest BCUT2D eigenvalue weighted by molar-refractivity contribution is -0.459. The Labute approximate surface area is 134 Å². The number of carbonyl (C=O) groups excluding carboxylic acids is 2. The monoisotopic (exact) mass is 312 g/mol. The third-order valence-electron chi connectivity index (χ3n) is 3.01. The van der Waals surface area contributed by atoms with Crippen LogP contribution in [0.2, 0.25) is 0 Å². The first-order valence-electron chi connectivity index (χ1n) is 7.34. The van der Waals surface area contributed by atoms with Crippen molar-refractivity contribution in [3.63, 3.8) is 0 Å². The summed E-state index contributed by atoms with van der Waals surface area (Å²) in [6.45, 7) is 3.43. The van der Waals surface area contributed by atoms with Crippen molar-refractivity contribution < 1.29 is 18.9 Å². The van der Waals surface area contributed by atoms with Crippen molar-refractivity contribution in [2.45, 2.75) is 19.9 Å². The van der Waals surface area contributed by atoms with Crippen LogP contribution in [0.3, 0.4) is 0 Å². The molecule has 126 valence electrons. The summed E-state index contributed by atoms with van der Waals surface area (Å²) >= 11 is 0. The van der Waals surface area contributed by atoms with Gasteiger partial charge in [0.25, 0.3) is 0 Å². The maximum atomic E-state index is 12.3. The molecule has 2 unspecified atom stereocenters. The van der Waals surface area contributed by atoms with E-state index in [4.69, 9.17) is 4.74 Å². The molecule has 6 heteroatoms. The smallest absolute Gasteiger partial charge is 0.318 e. The Bertz CT molecular complexity index is 450. The first-order valence-corrected chi connectivity index (χ1v) is 7.34. The number of hydrogen-bond acceptors (Lipinski definition) is 5. The molecule has 0 rings (SSSR count). The molecule has 6 nitrogen and oxygen atoms in total. The fraction of sp³-hybridized carbons (Fsp3) is 0.688. The van der Waals surface area contributed by atoms with E-state index in [1.807, 2.05) is 69.1 Å². The molecule has 0 aliphatic heterocycles. The van der Waals surface area contributed by atoms with E-state index >= 15 is 0 Å². The summed E-state index contributed by atoms with van der Waals surface area (Å²) in [4.78, 5) is 28.1. The second-order valence-corrected chi connectivity index (χ2v) is 5.93. The maximum Gasteiger partial charge on any atom is 0.318 e. The van der Waals surface area contributed by atoms with Crippen LogP contribution in [0.4, 0.5) is 0 Å². The number of nitrogens with zero attached hydrogens (tertiary/aromatic N) is 3. The normalized spacial score (nSPS) is 14.3. The van der Waals surface area contributed by atoms with E-state index in [-0.39, 0.29) is 18.4 Å². The number of hydrogen-bond donors (Lipinski definition) is 0. The molecule has 0 saturated heterocycles. The van der Waals surface area contributed by atoms with Gasteiger partial charge in [-0.15, -0.1) is 0 Å². The van der Waals surface area contributed by atoms with Crippen LogP contribution in [-0.4, -0.2) is 87.3 Å². The molecule has 0 amide bonds. The molecule has 0 N–H and O–H groups in total. The highest BCUT2D eigenvalue weighted by atomic mass is 16.5. The molecule has 0 bridgehead atoms. The molecule has 0 spiro atoms. The van der Waals surface area contributed by atoms with E-state index in [0.29, 0.717) is 0 Å². The Morgan fingerprint density at radius 1 is 1.18 bits per heavy atom. The molecular weight excluding hydrogens is 282 g/mol. The van der Waals surface area contributed by atoms with Gasteiger partial charge in [0.15, 0.2) is 6.21 Å². The summed E-state index contributed by atoms with van der Waals surface area (Å²) in [5, 5.41) is 0. The van der Waals surface area contributed by atoms with E-state index < -0.39 is 11.9 Å². The molecule has 0 aromatic heterocycles. The molecule has 0 fully saturated rings. The van der Waals surface area contributed by atoms with Gasteiger partial charge >= 0.3 is 5.97 Å². The second kappa shape index (κ2) is 9.35. The van der Waals surface area contributed by atoms with Crippen molar-refractivity contribution in [3.05, 3.63) is 11.8 Å². The van der Waals surface area contributed by atoms with Crippen LogP contribution in [-0.2, 0) is 14.3 Å². The van der Waals surface area contributed by atoms with Crippen molar-refractivity contribution in [2.24, 2.45) is 5.92 Å². The molecule has 0 radical (unpaired) electrons. The summed E-state index contributed by atoms with van der Waals surface area (Å²) in [6, 6.07) is -0.388. The van der Waals surface area contributed by atoms with Gasteiger partial charge in [-0.1, -0.05) is 0 Å². The molecule has 0 heterocycles.